The molecule has 0 aromatic rings. The third-order valence-corrected chi connectivity index (χ3v) is 5.65. The van der Waals surface area contributed by atoms with Crippen LogP contribution in [0.1, 0.15) is 58.3 Å². The van der Waals surface area contributed by atoms with E-state index in [2.05, 4.69) is 11.8 Å². The van der Waals surface area contributed by atoms with Crippen LogP contribution in [0.25, 0.3) is 0 Å². The van der Waals surface area contributed by atoms with Crippen LogP contribution in [0.15, 0.2) is 0 Å². The van der Waals surface area contributed by atoms with Crippen molar-refractivity contribution < 1.29 is 9.53 Å². The van der Waals surface area contributed by atoms with E-state index in [-0.39, 0.29) is 5.60 Å². The van der Waals surface area contributed by atoms with Gasteiger partial charge in [-0.05, 0) is 51.1 Å². The maximum Gasteiger partial charge on any atom is 0.222 e. The minimum atomic E-state index is 0.0142. The zero-order valence-electron chi connectivity index (χ0n) is 14.2. The average molecular weight is 308 g/mol. The molecule has 3 aliphatic rings. The van der Waals surface area contributed by atoms with Gasteiger partial charge in [0.1, 0.15) is 5.60 Å². The molecular weight excluding hydrogens is 276 g/mol. The molecule has 0 bridgehead atoms. The van der Waals surface area contributed by atoms with Crippen LogP contribution in [0.3, 0.4) is 0 Å². The van der Waals surface area contributed by atoms with E-state index >= 15 is 0 Å². The van der Waals surface area contributed by atoms with E-state index in [0.29, 0.717) is 18.2 Å². The number of ether oxygens (including phenoxy) is 1. The molecule has 0 aliphatic carbocycles. The first-order chi connectivity index (χ1) is 10.7. The van der Waals surface area contributed by atoms with E-state index in [0.717, 1.165) is 39.0 Å². The lowest BCUT2D eigenvalue weighted by molar-refractivity contribution is -0.190. The summed E-state index contributed by atoms with van der Waals surface area (Å²) in [5, 5.41) is 0. The van der Waals surface area contributed by atoms with Crippen LogP contribution in [0.2, 0.25) is 0 Å². The SMILES string of the molecule is CCCCC(=O)N1CC2(CCC(CN3CCCCC3)CO2)C1. The van der Waals surface area contributed by atoms with E-state index < -0.39 is 0 Å². The highest BCUT2D eigenvalue weighted by molar-refractivity contribution is 5.77. The summed E-state index contributed by atoms with van der Waals surface area (Å²) >= 11 is 0. The molecule has 126 valence electrons. The molecule has 4 nitrogen and oxygen atoms in total. The van der Waals surface area contributed by atoms with E-state index in [1.165, 1.54) is 45.3 Å². The molecule has 22 heavy (non-hydrogen) atoms. The standard InChI is InChI=1S/C18H32N2O2/c1-2-3-7-17(21)20-14-18(15-20)9-8-16(13-22-18)12-19-10-5-4-6-11-19/h16H,2-15H2,1H3. The number of hydrogen-bond acceptors (Lipinski definition) is 3. The quantitative estimate of drug-likeness (QED) is 0.783. The highest BCUT2D eigenvalue weighted by Crippen LogP contribution is 2.36. The molecule has 3 saturated heterocycles. The maximum absolute atomic E-state index is 12.0. The molecule has 0 saturated carbocycles. The summed E-state index contributed by atoms with van der Waals surface area (Å²) in [5.41, 5.74) is 0.0142. The molecule has 3 heterocycles. The number of rotatable bonds is 5. The van der Waals surface area contributed by atoms with Crippen LogP contribution >= 0.6 is 0 Å². The Morgan fingerprint density at radius 1 is 1.23 bits per heavy atom. The Hall–Kier alpha value is -0.610. The number of piperidine rings is 1. The Morgan fingerprint density at radius 3 is 2.64 bits per heavy atom. The van der Waals surface area contributed by atoms with Gasteiger partial charge < -0.3 is 14.5 Å². The monoisotopic (exact) mass is 308 g/mol. The lowest BCUT2D eigenvalue weighted by atomic mass is 9.82. The second kappa shape index (κ2) is 7.31. The van der Waals surface area contributed by atoms with Crippen LogP contribution in [0.5, 0.6) is 0 Å². The van der Waals surface area contributed by atoms with Gasteiger partial charge in [0.15, 0.2) is 0 Å². The predicted molar refractivity (Wildman–Crippen MR) is 87.8 cm³/mol. The van der Waals surface area contributed by atoms with Crippen molar-refractivity contribution in [2.24, 2.45) is 5.92 Å². The van der Waals surface area contributed by atoms with Gasteiger partial charge in [0.25, 0.3) is 0 Å². The average Bonchev–Trinajstić information content (AvgIpc) is 2.52. The third-order valence-electron chi connectivity index (χ3n) is 5.65. The van der Waals surface area contributed by atoms with Crippen molar-refractivity contribution in [1.82, 2.24) is 9.80 Å². The van der Waals surface area contributed by atoms with E-state index in [9.17, 15) is 4.79 Å². The fraction of sp³-hybridized carbons (Fsp3) is 0.944. The van der Waals surface area contributed by atoms with Crippen molar-refractivity contribution in [3.63, 3.8) is 0 Å². The van der Waals surface area contributed by atoms with Crippen molar-refractivity contribution in [1.29, 1.82) is 0 Å². The smallest absolute Gasteiger partial charge is 0.222 e. The van der Waals surface area contributed by atoms with Gasteiger partial charge in [-0.15, -0.1) is 0 Å². The summed E-state index contributed by atoms with van der Waals surface area (Å²) in [6, 6.07) is 0. The number of carbonyl (C=O) groups excluding carboxylic acids is 1. The highest BCUT2D eigenvalue weighted by Gasteiger charge is 2.48. The molecule has 0 aromatic heterocycles. The normalized spacial score (nSPS) is 28.6. The summed E-state index contributed by atoms with van der Waals surface area (Å²) in [6.07, 6.45) is 9.38. The fourth-order valence-corrected chi connectivity index (χ4v) is 4.13. The Bertz CT molecular complexity index is 363. The number of carbonyl (C=O) groups is 1. The predicted octanol–water partition coefficient (Wildman–Crippen LogP) is 2.67. The summed E-state index contributed by atoms with van der Waals surface area (Å²) in [5.74, 6) is 1.03. The van der Waals surface area contributed by atoms with Crippen molar-refractivity contribution >= 4 is 5.91 Å². The van der Waals surface area contributed by atoms with Gasteiger partial charge in [-0.2, -0.15) is 0 Å². The van der Waals surface area contributed by atoms with Gasteiger partial charge in [-0.1, -0.05) is 19.8 Å². The number of nitrogens with zero attached hydrogens (tertiary/aromatic N) is 2. The summed E-state index contributed by atoms with van der Waals surface area (Å²) in [6.45, 7) is 8.49. The summed E-state index contributed by atoms with van der Waals surface area (Å²) < 4.78 is 6.22. The lowest BCUT2D eigenvalue weighted by Gasteiger charge is -2.53. The first-order valence-corrected chi connectivity index (χ1v) is 9.35. The van der Waals surface area contributed by atoms with Crippen LogP contribution in [-0.4, -0.2) is 60.6 Å². The van der Waals surface area contributed by atoms with E-state index in [1.807, 2.05) is 4.90 Å². The first kappa shape index (κ1) is 16.3. The van der Waals surface area contributed by atoms with Crippen molar-refractivity contribution in [3.05, 3.63) is 0 Å². The molecule has 3 fully saturated rings. The number of likely N-dealkylation sites (tertiary alicyclic amines) is 2. The number of amides is 1. The molecule has 1 spiro atoms. The largest absolute Gasteiger partial charge is 0.371 e. The summed E-state index contributed by atoms with van der Waals surface area (Å²) in [4.78, 5) is 16.6. The van der Waals surface area contributed by atoms with Gasteiger partial charge in [0.05, 0.1) is 19.7 Å². The fourth-order valence-electron chi connectivity index (χ4n) is 4.13. The lowest BCUT2D eigenvalue weighted by Crippen LogP contribution is -2.66. The van der Waals surface area contributed by atoms with Crippen molar-refractivity contribution in [3.8, 4) is 0 Å². The first-order valence-electron chi connectivity index (χ1n) is 9.35. The zero-order chi connectivity index (χ0) is 15.4. The molecule has 1 amide bonds. The number of hydrogen-bond donors (Lipinski definition) is 0. The third kappa shape index (κ3) is 3.83. The minimum Gasteiger partial charge on any atom is -0.371 e. The van der Waals surface area contributed by atoms with Gasteiger partial charge in [0, 0.05) is 13.0 Å². The Kier molecular flexibility index (Phi) is 5.40. The second-order valence-electron chi connectivity index (χ2n) is 7.61. The Morgan fingerprint density at radius 2 is 2.00 bits per heavy atom. The molecule has 1 atom stereocenters. The number of unbranched alkanes of at least 4 members (excludes halogenated alkanes) is 1. The molecule has 0 N–H and O–H groups in total. The van der Waals surface area contributed by atoms with Gasteiger partial charge in [-0.3, -0.25) is 4.79 Å². The summed E-state index contributed by atoms with van der Waals surface area (Å²) in [7, 11) is 0. The van der Waals surface area contributed by atoms with Crippen LogP contribution < -0.4 is 0 Å². The Labute approximate surface area is 135 Å². The van der Waals surface area contributed by atoms with E-state index in [4.69, 9.17) is 4.74 Å². The van der Waals surface area contributed by atoms with Crippen LogP contribution in [-0.2, 0) is 9.53 Å². The van der Waals surface area contributed by atoms with Crippen LogP contribution in [0, 0.1) is 5.92 Å². The zero-order valence-corrected chi connectivity index (χ0v) is 14.2. The molecule has 3 aliphatic heterocycles. The highest BCUT2D eigenvalue weighted by atomic mass is 16.5. The molecule has 1 unspecified atom stereocenters. The molecular formula is C18H32N2O2. The maximum atomic E-state index is 12.0. The van der Waals surface area contributed by atoms with Crippen molar-refractivity contribution in [2.75, 3.05) is 39.3 Å². The molecule has 0 radical (unpaired) electrons. The Balaban J connectivity index is 1.36. The minimum absolute atomic E-state index is 0.0142. The van der Waals surface area contributed by atoms with Gasteiger partial charge >= 0.3 is 0 Å². The topological polar surface area (TPSA) is 32.8 Å². The molecule has 0 aromatic carbocycles. The molecule has 3 rings (SSSR count). The van der Waals surface area contributed by atoms with Crippen LogP contribution in [0.4, 0.5) is 0 Å². The van der Waals surface area contributed by atoms with Gasteiger partial charge in [0.2, 0.25) is 5.91 Å². The van der Waals surface area contributed by atoms with Gasteiger partial charge in [-0.25, -0.2) is 0 Å². The van der Waals surface area contributed by atoms with E-state index in [1.54, 1.807) is 0 Å². The molecule has 4 heteroatoms. The van der Waals surface area contributed by atoms with Crippen molar-refractivity contribution in [2.45, 2.75) is 63.9 Å². The second-order valence-corrected chi connectivity index (χ2v) is 7.61.